The van der Waals surface area contributed by atoms with E-state index in [2.05, 4.69) is 41.7 Å². The van der Waals surface area contributed by atoms with E-state index >= 15 is 0 Å². The maximum absolute atomic E-state index is 4.41. The zero-order valence-electron chi connectivity index (χ0n) is 10.5. The molecule has 1 saturated heterocycles. The van der Waals surface area contributed by atoms with Gasteiger partial charge in [0.2, 0.25) is 0 Å². The molecule has 0 spiro atoms. The van der Waals surface area contributed by atoms with Crippen molar-refractivity contribution in [3.63, 3.8) is 0 Å². The van der Waals surface area contributed by atoms with Crippen molar-refractivity contribution in [3.8, 4) is 0 Å². The molecule has 2 unspecified atom stereocenters. The van der Waals surface area contributed by atoms with Crippen molar-refractivity contribution >= 4 is 10.9 Å². The highest BCUT2D eigenvalue weighted by atomic mass is 15.2. The van der Waals surface area contributed by atoms with Gasteiger partial charge in [-0.05, 0) is 43.0 Å². The Kier molecular flexibility index (Phi) is 2.63. The predicted molar refractivity (Wildman–Crippen MR) is 69.9 cm³/mol. The highest BCUT2D eigenvalue weighted by molar-refractivity contribution is 5.78. The fourth-order valence-corrected chi connectivity index (χ4v) is 2.67. The van der Waals surface area contributed by atoms with Gasteiger partial charge in [-0.3, -0.25) is 4.68 Å². The minimum atomic E-state index is 0.524. The first kappa shape index (κ1) is 10.8. The van der Waals surface area contributed by atoms with Crippen molar-refractivity contribution in [1.82, 2.24) is 15.1 Å². The maximum Gasteiger partial charge on any atom is 0.0923 e. The second kappa shape index (κ2) is 4.15. The first-order valence-electron chi connectivity index (χ1n) is 6.39. The quantitative estimate of drug-likeness (QED) is 0.814. The molecule has 3 rings (SSSR count). The molecule has 2 aromatic rings. The summed E-state index contributed by atoms with van der Waals surface area (Å²) in [6, 6.07) is 7.14. The van der Waals surface area contributed by atoms with E-state index in [-0.39, 0.29) is 0 Å². The lowest BCUT2D eigenvalue weighted by atomic mass is 9.92. The Morgan fingerprint density at radius 1 is 1.35 bits per heavy atom. The molecule has 90 valence electrons. The summed E-state index contributed by atoms with van der Waals surface area (Å²) in [4.78, 5) is 0. The van der Waals surface area contributed by atoms with Gasteiger partial charge in [0.1, 0.15) is 0 Å². The lowest BCUT2D eigenvalue weighted by Crippen LogP contribution is -2.31. The number of fused-ring (bicyclic) bond motifs is 1. The summed E-state index contributed by atoms with van der Waals surface area (Å²) < 4.78 is 1.88. The zero-order valence-corrected chi connectivity index (χ0v) is 10.5. The molecule has 2 heterocycles. The number of nitrogens with zero attached hydrogens (tertiary/aromatic N) is 2. The number of hydrogen-bond acceptors (Lipinski definition) is 2. The number of piperidine rings is 1. The van der Waals surface area contributed by atoms with Gasteiger partial charge in [0.15, 0.2) is 0 Å². The SMILES string of the molecule is CC1CCC(c2ccc3nn(C)cc3c2)NC1. The number of aryl methyl sites for hydroxylation is 1. The van der Waals surface area contributed by atoms with Crippen LogP contribution in [0.2, 0.25) is 0 Å². The first-order valence-corrected chi connectivity index (χ1v) is 6.39. The van der Waals surface area contributed by atoms with E-state index in [1.807, 2.05) is 11.7 Å². The van der Waals surface area contributed by atoms with Crippen LogP contribution in [0.4, 0.5) is 0 Å². The van der Waals surface area contributed by atoms with Crippen LogP contribution < -0.4 is 5.32 Å². The van der Waals surface area contributed by atoms with E-state index < -0.39 is 0 Å². The minimum Gasteiger partial charge on any atom is -0.310 e. The molecule has 3 nitrogen and oxygen atoms in total. The number of aromatic nitrogens is 2. The van der Waals surface area contributed by atoms with Gasteiger partial charge in [0.25, 0.3) is 0 Å². The summed E-state index contributed by atoms with van der Waals surface area (Å²) >= 11 is 0. The van der Waals surface area contributed by atoms with E-state index in [1.54, 1.807) is 0 Å². The number of hydrogen-bond donors (Lipinski definition) is 1. The fraction of sp³-hybridized carbons (Fsp3) is 0.500. The minimum absolute atomic E-state index is 0.524. The average Bonchev–Trinajstić information content (AvgIpc) is 2.69. The van der Waals surface area contributed by atoms with Gasteiger partial charge in [-0.25, -0.2) is 0 Å². The molecule has 0 bridgehead atoms. The highest BCUT2D eigenvalue weighted by Gasteiger charge is 2.19. The Balaban J connectivity index is 1.89. The normalized spacial score (nSPS) is 25.3. The third-order valence-electron chi connectivity index (χ3n) is 3.71. The Labute approximate surface area is 102 Å². The summed E-state index contributed by atoms with van der Waals surface area (Å²) in [7, 11) is 1.97. The molecule has 17 heavy (non-hydrogen) atoms. The summed E-state index contributed by atoms with van der Waals surface area (Å²) in [5, 5.41) is 9.28. The largest absolute Gasteiger partial charge is 0.310 e. The molecule has 2 atom stereocenters. The monoisotopic (exact) mass is 229 g/mol. The van der Waals surface area contributed by atoms with Crippen molar-refractivity contribution in [2.45, 2.75) is 25.8 Å². The lowest BCUT2D eigenvalue weighted by Gasteiger charge is -2.28. The van der Waals surface area contributed by atoms with Gasteiger partial charge in [-0.15, -0.1) is 0 Å². The van der Waals surface area contributed by atoms with Crippen LogP contribution in [0.1, 0.15) is 31.4 Å². The highest BCUT2D eigenvalue weighted by Crippen LogP contribution is 2.27. The second-order valence-corrected chi connectivity index (χ2v) is 5.26. The van der Waals surface area contributed by atoms with Crippen LogP contribution in [0.25, 0.3) is 10.9 Å². The molecular formula is C14H19N3. The van der Waals surface area contributed by atoms with Gasteiger partial charge in [-0.2, -0.15) is 5.10 Å². The molecule has 1 N–H and O–H groups in total. The van der Waals surface area contributed by atoms with Crippen LogP contribution in [0.3, 0.4) is 0 Å². The van der Waals surface area contributed by atoms with Crippen molar-refractivity contribution in [1.29, 1.82) is 0 Å². The summed E-state index contributed by atoms with van der Waals surface area (Å²) in [6.07, 6.45) is 4.65. The van der Waals surface area contributed by atoms with Gasteiger partial charge in [-0.1, -0.05) is 13.0 Å². The third-order valence-corrected chi connectivity index (χ3v) is 3.71. The smallest absolute Gasteiger partial charge is 0.0923 e. The van der Waals surface area contributed by atoms with Crippen LogP contribution in [0, 0.1) is 5.92 Å². The summed E-state index contributed by atoms with van der Waals surface area (Å²) in [6.45, 7) is 3.45. The number of nitrogens with one attached hydrogen (secondary N) is 1. The molecule has 0 amide bonds. The molecule has 1 aliphatic heterocycles. The van der Waals surface area contributed by atoms with Crippen molar-refractivity contribution in [3.05, 3.63) is 30.0 Å². The van der Waals surface area contributed by atoms with Crippen molar-refractivity contribution in [2.75, 3.05) is 6.54 Å². The Hall–Kier alpha value is -1.35. The summed E-state index contributed by atoms with van der Waals surface area (Å²) in [5.41, 5.74) is 2.48. The molecule has 1 aliphatic rings. The van der Waals surface area contributed by atoms with Crippen molar-refractivity contribution in [2.24, 2.45) is 13.0 Å². The molecule has 0 radical (unpaired) electrons. The average molecular weight is 229 g/mol. The molecule has 0 aliphatic carbocycles. The fourth-order valence-electron chi connectivity index (χ4n) is 2.67. The number of rotatable bonds is 1. The Morgan fingerprint density at radius 2 is 2.24 bits per heavy atom. The summed E-state index contributed by atoms with van der Waals surface area (Å²) in [5.74, 6) is 0.813. The van der Waals surface area contributed by atoms with Crippen LogP contribution >= 0.6 is 0 Å². The van der Waals surface area contributed by atoms with E-state index in [4.69, 9.17) is 0 Å². The molecule has 1 aromatic heterocycles. The molecular weight excluding hydrogens is 210 g/mol. The predicted octanol–water partition coefficient (Wildman–Crippen LogP) is 2.63. The maximum atomic E-state index is 4.41. The molecule has 1 aromatic carbocycles. The van der Waals surface area contributed by atoms with Gasteiger partial charge in [0, 0.05) is 24.7 Å². The van der Waals surface area contributed by atoms with Crippen LogP contribution in [0.5, 0.6) is 0 Å². The van der Waals surface area contributed by atoms with E-state index in [0.29, 0.717) is 6.04 Å². The van der Waals surface area contributed by atoms with E-state index in [1.165, 1.54) is 23.8 Å². The van der Waals surface area contributed by atoms with Gasteiger partial charge in [0.05, 0.1) is 5.52 Å². The Morgan fingerprint density at radius 3 is 3.00 bits per heavy atom. The van der Waals surface area contributed by atoms with E-state index in [9.17, 15) is 0 Å². The Bertz CT molecular complexity index is 521. The standard InChI is InChI=1S/C14H19N3/c1-10-3-5-13(15-8-10)11-4-6-14-12(7-11)9-17(2)16-14/h4,6-7,9-10,13,15H,3,5,8H2,1-2H3. The third kappa shape index (κ3) is 2.07. The topological polar surface area (TPSA) is 29.9 Å². The first-order chi connectivity index (χ1) is 8.22. The van der Waals surface area contributed by atoms with Gasteiger partial charge >= 0.3 is 0 Å². The second-order valence-electron chi connectivity index (χ2n) is 5.26. The lowest BCUT2D eigenvalue weighted by molar-refractivity contribution is 0.333. The van der Waals surface area contributed by atoms with Crippen molar-refractivity contribution < 1.29 is 0 Å². The molecule has 1 fully saturated rings. The van der Waals surface area contributed by atoms with E-state index in [0.717, 1.165) is 18.0 Å². The molecule has 3 heteroatoms. The van der Waals surface area contributed by atoms with Crippen LogP contribution in [-0.2, 0) is 7.05 Å². The van der Waals surface area contributed by atoms with Gasteiger partial charge < -0.3 is 5.32 Å². The zero-order chi connectivity index (χ0) is 11.8. The number of benzene rings is 1. The van der Waals surface area contributed by atoms with Crippen LogP contribution in [-0.4, -0.2) is 16.3 Å². The van der Waals surface area contributed by atoms with Crippen LogP contribution in [0.15, 0.2) is 24.4 Å². The molecule has 0 saturated carbocycles.